The highest BCUT2D eigenvalue weighted by Crippen LogP contribution is 2.20. The molecule has 0 aliphatic carbocycles. The zero-order chi connectivity index (χ0) is 20.3. The van der Waals surface area contributed by atoms with Gasteiger partial charge in [-0.15, -0.1) is 11.8 Å². The Hall–Kier alpha value is -1.69. The summed E-state index contributed by atoms with van der Waals surface area (Å²) in [5.74, 6) is 1.35. The van der Waals surface area contributed by atoms with E-state index in [-0.39, 0.29) is 5.91 Å². The molecule has 0 radical (unpaired) electrons. The molecular weight excluding hydrogens is 404 g/mol. The van der Waals surface area contributed by atoms with Gasteiger partial charge in [0.2, 0.25) is 5.91 Å². The summed E-state index contributed by atoms with van der Waals surface area (Å²) in [6, 6.07) is 15.9. The molecule has 0 bridgehead atoms. The average Bonchev–Trinajstić information content (AvgIpc) is 2.74. The summed E-state index contributed by atoms with van der Waals surface area (Å²) in [7, 11) is 0. The van der Waals surface area contributed by atoms with E-state index < -0.39 is 0 Å². The Balaban J connectivity index is 1.29. The van der Waals surface area contributed by atoms with Crippen molar-refractivity contribution in [2.75, 3.05) is 32.0 Å². The smallest absolute Gasteiger partial charge is 0.230 e. The fourth-order valence-corrected chi connectivity index (χ4v) is 4.18. The minimum absolute atomic E-state index is 0.0356. The van der Waals surface area contributed by atoms with Crippen molar-refractivity contribution in [3.8, 4) is 5.75 Å². The van der Waals surface area contributed by atoms with E-state index in [0.29, 0.717) is 23.9 Å². The summed E-state index contributed by atoms with van der Waals surface area (Å²) in [5.41, 5.74) is 1.30. The second kappa shape index (κ2) is 12.1. The predicted molar refractivity (Wildman–Crippen MR) is 121 cm³/mol. The lowest BCUT2D eigenvalue weighted by molar-refractivity contribution is -0.118. The molecule has 0 atom stereocenters. The molecule has 1 aliphatic heterocycles. The summed E-state index contributed by atoms with van der Waals surface area (Å²) in [4.78, 5) is 15.5. The number of ether oxygens (including phenoxy) is 1. The van der Waals surface area contributed by atoms with Crippen LogP contribution < -0.4 is 10.1 Å². The van der Waals surface area contributed by atoms with Crippen molar-refractivity contribution in [1.82, 2.24) is 10.2 Å². The average molecular weight is 433 g/mol. The van der Waals surface area contributed by atoms with E-state index >= 15 is 0 Å². The molecular formula is C23H29ClN2O2S. The lowest BCUT2D eigenvalue weighted by Crippen LogP contribution is -2.29. The number of benzene rings is 2. The number of carbonyl (C=O) groups is 1. The molecule has 0 unspecified atom stereocenters. The molecule has 0 spiro atoms. The number of likely N-dealkylation sites (tertiary alicyclic amines) is 1. The van der Waals surface area contributed by atoms with Crippen molar-refractivity contribution in [1.29, 1.82) is 0 Å². The van der Waals surface area contributed by atoms with Gasteiger partial charge in [-0.25, -0.2) is 0 Å². The van der Waals surface area contributed by atoms with Crippen LogP contribution in [0.15, 0.2) is 53.4 Å². The highest BCUT2D eigenvalue weighted by atomic mass is 35.5. The number of piperidine rings is 1. The summed E-state index contributed by atoms with van der Waals surface area (Å²) >= 11 is 7.37. The van der Waals surface area contributed by atoms with Gasteiger partial charge in [0.15, 0.2) is 0 Å². The molecule has 1 amide bonds. The van der Waals surface area contributed by atoms with Crippen LogP contribution in [0.3, 0.4) is 0 Å². The summed E-state index contributed by atoms with van der Waals surface area (Å²) in [5, 5.41) is 3.65. The van der Waals surface area contributed by atoms with Gasteiger partial charge in [0, 0.05) is 23.0 Å². The Bertz CT molecular complexity index is 764. The van der Waals surface area contributed by atoms with E-state index in [4.69, 9.17) is 16.3 Å². The third-order valence-corrected chi connectivity index (χ3v) is 6.11. The van der Waals surface area contributed by atoms with E-state index in [1.807, 2.05) is 30.3 Å². The first-order valence-electron chi connectivity index (χ1n) is 10.3. The molecule has 29 heavy (non-hydrogen) atoms. The molecule has 0 saturated carbocycles. The molecule has 0 aromatic heterocycles. The first-order valence-corrected chi connectivity index (χ1v) is 11.6. The van der Waals surface area contributed by atoms with Crippen molar-refractivity contribution in [2.24, 2.45) is 0 Å². The normalized spacial score (nSPS) is 14.5. The quantitative estimate of drug-likeness (QED) is 0.423. The van der Waals surface area contributed by atoms with Crippen LogP contribution in [0.25, 0.3) is 0 Å². The molecule has 4 nitrogen and oxygen atoms in total. The highest BCUT2D eigenvalue weighted by Gasteiger charge is 2.10. The Kier molecular flexibility index (Phi) is 9.19. The van der Waals surface area contributed by atoms with E-state index in [9.17, 15) is 4.79 Å². The van der Waals surface area contributed by atoms with E-state index in [0.717, 1.165) is 23.6 Å². The number of nitrogens with one attached hydrogen (secondary N) is 1. The van der Waals surface area contributed by atoms with Gasteiger partial charge >= 0.3 is 0 Å². The molecule has 1 N–H and O–H groups in total. The molecule has 156 valence electrons. The first-order chi connectivity index (χ1) is 14.2. The molecule has 2 aromatic carbocycles. The van der Waals surface area contributed by atoms with E-state index in [1.165, 1.54) is 49.7 Å². The number of halogens is 1. The number of nitrogens with zero attached hydrogens (tertiary/aromatic N) is 1. The third kappa shape index (κ3) is 8.29. The molecule has 3 rings (SSSR count). The topological polar surface area (TPSA) is 41.6 Å². The van der Waals surface area contributed by atoms with Crippen LogP contribution in [0.5, 0.6) is 5.75 Å². The van der Waals surface area contributed by atoms with Gasteiger partial charge in [-0.3, -0.25) is 9.69 Å². The Labute approximate surface area is 183 Å². The Morgan fingerprint density at radius 1 is 1.10 bits per heavy atom. The van der Waals surface area contributed by atoms with Crippen LogP contribution in [-0.2, 0) is 11.3 Å². The largest absolute Gasteiger partial charge is 0.494 e. The van der Waals surface area contributed by atoms with Crippen LogP contribution in [-0.4, -0.2) is 42.8 Å². The zero-order valence-corrected chi connectivity index (χ0v) is 18.3. The minimum atomic E-state index is 0.0356. The number of thioether (sulfide) groups is 1. The van der Waals surface area contributed by atoms with Crippen LogP contribution in [0.1, 0.15) is 31.2 Å². The molecule has 1 fully saturated rings. The molecule has 6 heteroatoms. The maximum atomic E-state index is 11.9. The molecule has 1 heterocycles. The third-order valence-electron chi connectivity index (χ3n) is 4.85. The van der Waals surface area contributed by atoms with Crippen molar-refractivity contribution in [2.45, 2.75) is 37.1 Å². The zero-order valence-electron chi connectivity index (χ0n) is 16.7. The van der Waals surface area contributed by atoms with E-state index in [1.54, 1.807) is 0 Å². The van der Waals surface area contributed by atoms with Gasteiger partial charge in [0.25, 0.3) is 0 Å². The molecule has 1 aliphatic rings. The van der Waals surface area contributed by atoms with Crippen LogP contribution in [0.4, 0.5) is 0 Å². The van der Waals surface area contributed by atoms with Crippen molar-refractivity contribution in [3.05, 3.63) is 59.1 Å². The summed E-state index contributed by atoms with van der Waals surface area (Å²) in [6.07, 6.45) is 4.75. The fraction of sp³-hybridized carbons (Fsp3) is 0.435. The second-order valence-corrected chi connectivity index (χ2v) is 8.76. The standard InChI is InChI=1S/C23H29ClN2O2S/c24-20-8-10-22(11-9-20)29-18-23(27)25-12-5-15-28-21-7-4-6-19(16-21)17-26-13-2-1-3-14-26/h4,6-11,16H,1-3,5,12-15,17-18H2,(H,25,27). The Morgan fingerprint density at radius 2 is 1.90 bits per heavy atom. The molecule has 2 aromatic rings. The van der Waals surface area contributed by atoms with Crippen LogP contribution in [0, 0.1) is 0 Å². The highest BCUT2D eigenvalue weighted by molar-refractivity contribution is 8.00. The maximum Gasteiger partial charge on any atom is 0.230 e. The predicted octanol–water partition coefficient (Wildman–Crippen LogP) is 5.00. The number of hydrogen-bond donors (Lipinski definition) is 1. The monoisotopic (exact) mass is 432 g/mol. The van der Waals surface area contributed by atoms with Gasteiger partial charge in [-0.1, -0.05) is 30.2 Å². The van der Waals surface area contributed by atoms with Crippen LogP contribution in [0.2, 0.25) is 5.02 Å². The van der Waals surface area contributed by atoms with Gasteiger partial charge in [-0.2, -0.15) is 0 Å². The lowest BCUT2D eigenvalue weighted by atomic mass is 10.1. The number of amides is 1. The van der Waals surface area contributed by atoms with Crippen molar-refractivity contribution >= 4 is 29.3 Å². The number of rotatable bonds is 10. The van der Waals surface area contributed by atoms with Crippen LogP contribution >= 0.6 is 23.4 Å². The SMILES string of the molecule is O=C(CSc1ccc(Cl)cc1)NCCCOc1cccc(CN2CCCCC2)c1. The Morgan fingerprint density at radius 3 is 2.69 bits per heavy atom. The summed E-state index contributed by atoms with van der Waals surface area (Å²) < 4.78 is 5.87. The van der Waals surface area contributed by atoms with Gasteiger partial charge in [0.05, 0.1) is 12.4 Å². The van der Waals surface area contributed by atoms with Gasteiger partial charge in [-0.05, 0) is 74.3 Å². The maximum absolute atomic E-state index is 11.9. The molecule has 1 saturated heterocycles. The van der Waals surface area contributed by atoms with E-state index in [2.05, 4.69) is 28.4 Å². The van der Waals surface area contributed by atoms with Crippen molar-refractivity contribution in [3.63, 3.8) is 0 Å². The number of carbonyl (C=O) groups excluding carboxylic acids is 1. The minimum Gasteiger partial charge on any atom is -0.494 e. The first kappa shape index (κ1) is 22.0. The number of hydrogen-bond acceptors (Lipinski definition) is 4. The summed E-state index contributed by atoms with van der Waals surface area (Å²) in [6.45, 7) is 4.60. The lowest BCUT2D eigenvalue weighted by Gasteiger charge is -2.26. The van der Waals surface area contributed by atoms with Gasteiger partial charge < -0.3 is 10.1 Å². The van der Waals surface area contributed by atoms with Gasteiger partial charge in [0.1, 0.15) is 5.75 Å². The fourth-order valence-electron chi connectivity index (χ4n) is 3.33. The second-order valence-electron chi connectivity index (χ2n) is 7.28. The van der Waals surface area contributed by atoms with Crippen molar-refractivity contribution < 1.29 is 9.53 Å².